The minimum atomic E-state index is -3.83. The summed E-state index contributed by atoms with van der Waals surface area (Å²) in [5.41, 5.74) is -0.903. The molecule has 2 saturated carbocycles. The van der Waals surface area contributed by atoms with Gasteiger partial charge in [0, 0.05) is 37.4 Å². The molecule has 4 aliphatic rings. The van der Waals surface area contributed by atoms with Crippen LogP contribution in [0.15, 0.2) is 49.2 Å². The minimum Gasteiger partial charge on any atom is -0.472 e. The maximum Gasteiger partial charge on any atom is 0.240 e. The van der Waals surface area contributed by atoms with Crippen LogP contribution in [0.3, 0.4) is 0 Å². The van der Waals surface area contributed by atoms with Gasteiger partial charge >= 0.3 is 0 Å². The molecule has 262 valence electrons. The number of carbonyl (C=O) groups excluding carboxylic acids is 4. The van der Waals surface area contributed by atoms with Crippen molar-refractivity contribution in [1.82, 2.24) is 19.9 Å². The van der Waals surface area contributed by atoms with Crippen LogP contribution in [0, 0.1) is 22.7 Å². The van der Waals surface area contributed by atoms with Crippen molar-refractivity contribution in [3.05, 3.63) is 54.8 Å². The van der Waals surface area contributed by atoms with E-state index in [1.165, 1.54) is 4.90 Å². The van der Waals surface area contributed by atoms with E-state index >= 15 is 0 Å². The molecule has 2 aliphatic heterocycles. The van der Waals surface area contributed by atoms with Gasteiger partial charge in [0.1, 0.15) is 6.10 Å². The number of Topliss-reactive ketones (excluding diaryl/α,β-unsaturated/α-hetero) is 1. The van der Waals surface area contributed by atoms with Crippen LogP contribution in [0.1, 0.15) is 77.7 Å². The van der Waals surface area contributed by atoms with Crippen LogP contribution in [0.5, 0.6) is 5.88 Å². The van der Waals surface area contributed by atoms with Crippen LogP contribution in [-0.4, -0.2) is 72.3 Å². The van der Waals surface area contributed by atoms with Crippen molar-refractivity contribution in [1.29, 1.82) is 0 Å². The second kappa shape index (κ2) is 13.3. The highest BCUT2D eigenvalue weighted by atomic mass is 32.2. The number of hydrogen-bond donors (Lipinski definition) is 2. The van der Waals surface area contributed by atoms with Gasteiger partial charge in [-0.15, -0.1) is 6.58 Å². The van der Waals surface area contributed by atoms with E-state index in [-0.39, 0.29) is 55.7 Å². The Balaban J connectivity index is 1.33. The van der Waals surface area contributed by atoms with Gasteiger partial charge in [-0.2, -0.15) is 0 Å². The third-order valence-corrected chi connectivity index (χ3v) is 12.2. The fraction of sp³-hybridized carbons (Fsp3) is 0.541. The van der Waals surface area contributed by atoms with Crippen molar-refractivity contribution in [2.24, 2.45) is 22.7 Å². The molecule has 0 spiro atoms. The van der Waals surface area contributed by atoms with Crippen molar-refractivity contribution < 1.29 is 32.3 Å². The molecule has 4 bridgehead atoms. The highest BCUT2D eigenvalue weighted by molar-refractivity contribution is 7.90. The number of hydrogen-bond acceptors (Lipinski definition) is 8. The molecule has 11 nitrogen and oxygen atoms in total. The number of allylic oxidation sites excluding steroid dienone is 2. The van der Waals surface area contributed by atoms with E-state index < -0.39 is 50.1 Å². The summed E-state index contributed by atoms with van der Waals surface area (Å²) in [5, 5.41) is 4.10. The average Bonchev–Trinajstić information content (AvgIpc) is 3.97. The van der Waals surface area contributed by atoms with Crippen LogP contribution in [0.4, 0.5) is 0 Å². The Morgan fingerprint density at radius 2 is 1.98 bits per heavy atom. The molecule has 1 aromatic carbocycles. The van der Waals surface area contributed by atoms with Gasteiger partial charge in [-0.05, 0) is 66.5 Å². The summed E-state index contributed by atoms with van der Waals surface area (Å²) >= 11 is 0. The van der Waals surface area contributed by atoms with Gasteiger partial charge in [-0.3, -0.25) is 23.9 Å². The van der Waals surface area contributed by atoms with Crippen molar-refractivity contribution in [2.45, 2.75) is 89.5 Å². The van der Waals surface area contributed by atoms with Crippen LogP contribution in [0.25, 0.3) is 16.8 Å². The standard InChI is InChI=1S/C37H46N4O7S/c1-5-25-20-37(25,35(45)40-49(46,47)27-12-13-27)21-31(42)30-18-26-22-41(30)34(44)29(36(2,3)4)19-32(43)38-15-8-6-7-9-23-10-11-24-14-16-39-33(48-26)28(24)17-23/h5,7,9-11,14,16-17,25-27,29-30H,1,6,8,12-13,15,18-22H2,2-4H3,(H,38,43)(H,40,45)/b9-7+/t25-,26+,29+,30-,37+/m0/s1. The number of ether oxygens (including phenoxy) is 1. The Bertz CT molecular complexity index is 1810. The normalized spacial score (nSPS) is 28.6. The number of aromatic nitrogens is 1. The molecule has 2 aromatic rings. The van der Waals surface area contributed by atoms with Crippen LogP contribution in [0.2, 0.25) is 0 Å². The van der Waals surface area contributed by atoms with E-state index in [1.807, 2.05) is 51.1 Å². The zero-order valence-electron chi connectivity index (χ0n) is 28.4. The first kappa shape index (κ1) is 34.8. The number of fused-ring (bicyclic) bond motifs is 3. The van der Waals surface area contributed by atoms with E-state index in [1.54, 1.807) is 12.3 Å². The summed E-state index contributed by atoms with van der Waals surface area (Å²) in [6.07, 6.45) is 9.36. The number of pyridine rings is 1. The van der Waals surface area contributed by atoms with Gasteiger partial charge in [-0.25, -0.2) is 13.4 Å². The van der Waals surface area contributed by atoms with Gasteiger partial charge in [0.15, 0.2) is 5.78 Å². The summed E-state index contributed by atoms with van der Waals surface area (Å²) in [6.45, 7) is 10.1. The predicted octanol–water partition coefficient (Wildman–Crippen LogP) is 4.32. The van der Waals surface area contributed by atoms with E-state index in [9.17, 15) is 27.6 Å². The van der Waals surface area contributed by atoms with Gasteiger partial charge in [-0.1, -0.05) is 51.1 Å². The Kier molecular flexibility index (Phi) is 9.47. The number of amides is 3. The lowest BCUT2D eigenvalue weighted by atomic mass is 9.77. The first-order valence-electron chi connectivity index (χ1n) is 17.2. The van der Waals surface area contributed by atoms with Crippen molar-refractivity contribution in [3.8, 4) is 5.88 Å². The number of sulfonamides is 1. The largest absolute Gasteiger partial charge is 0.472 e. The lowest BCUT2D eigenvalue weighted by molar-refractivity contribution is -0.146. The third-order valence-electron chi connectivity index (χ3n) is 10.4. The van der Waals surface area contributed by atoms with Crippen molar-refractivity contribution in [3.63, 3.8) is 0 Å². The van der Waals surface area contributed by atoms with Crippen LogP contribution < -0.4 is 14.8 Å². The first-order chi connectivity index (χ1) is 23.2. The fourth-order valence-corrected chi connectivity index (χ4v) is 8.53. The molecule has 2 N–H and O–H groups in total. The lowest BCUT2D eigenvalue weighted by Crippen LogP contribution is -2.49. The molecule has 3 heterocycles. The molecule has 49 heavy (non-hydrogen) atoms. The first-order valence-corrected chi connectivity index (χ1v) is 18.8. The zero-order chi connectivity index (χ0) is 35.1. The van der Waals surface area contributed by atoms with Crippen LogP contribution in [-0.2, 0) is 29.2 Å². The van der Waals surface area contributed by atoms with Gasteiger partial charge in [0.25, 0.3) is 0 Å². The quantitative estimate of drug-likeness (QED) is 0.408. The maximum absolute atomic E-state index is 14.5. The zero-order valence-corrected chi connectivity index (χ0v) is 29.3. The molecule has 0 radical (unpaired) electrons. The maximum atomic E-state index is 14.5. The minimum absolute atomic E-state index is 0.0452. The smallest absolute Gasteiger partial charge is 0.240 e. The summed E-state index contributed by atoms with van der Waals surface area (Å²) in [4.78, 5) is 61.5. The SMILES string of the molecule is C=C[C@H]1C[C@]1(CC(=O)[C@@H]1C[C@@H]2CN1C(=O)[C@H](C(C)(C)C)CC(=O)NCCC/C=C/c1ccc3ccnc(c3c1)O2)C(=O)NS(=O)(=O)C1CC1. The summed E-state index contributed by atoms with van der Waals surface area (Å²) in [5.74, 6) is -2.36. The van der Waals surface area contributed by atoms with Gasteiger partial charge < -0.3 is 15.0 Å². The van der Waals surface area contributed by atoms with Gasteiger partial charge in [0.2, 0.25) is 33.6 Å². The molecule has 3 fully saturated rings. The Morgan fingerprint density at radius 1 is 1.20 bits per heavy atom. The highest BCUT2D eigenvalue weighted by Crippen LogP contribution is 2.57. The number of nitrogens with zero attached hydrogens (tertiary/aromatic N) is 2. The number of nitrogens with one attached hydrogen (secondary N) is 2. The molecular formula is C37H46N4O7S. The highest BCUT2D eigenvalue weighted by Gasteiger charge is 2.61. The lowest BCUT2D eigenvalue weighted by Gasteiger charge is -2.35. The molecule has 2 aliphatic carbocycles. The number of ketones is 1. The van der Waals surface area contributed by atoms with Crippen molar-refractivity contribution >= 4 is 50.4 Å². The summed E-state index contributed by atoms with van der Waals surface area (Å²) in [7, 11) is -3.83. The predicted molar refractivity (Wildman–Crippen MR) is 186 cm³/mol. The number of carbonyl (C=O) groups is 4. The second-order valence-electron chi connectivity index (χ2n) is 15.1. The van der Waals surface area contributed by atoms with E-state index in [2.05, 4.69) is 27.7 Å². The number of rotatable bonds is 7. The van der Waals surface area contributed by atoms with Gasteiger partial charge in [0.05, 0.1) is 29.2 Å². The monoisotopic (exact) mass is 690 g/mol. The molecule has 1 aromatic heterocycles. The van der Waals surface area contributed by atoms with E-state index in [4.69, 9.17) is 4.74 Å². The van der Waals surface area contributed by atoms with E-state index in [0.717, 1.165) is 29.2 Å². The molecule has 3 amide bonds. The molecular weight excluding hydrogens is 644 g/mol. The number of benzene rings is 1. The Labute approximate surface area is 288 Å². The molecule has 5 atom stereocenters. The summed E-state index contributed by atoms with van der Waals surface area (Å²) in [6, 6.07) is 6.95. The molecule has 6 rings (SSSR count). The van der Waals surface area contributed by atoms with Crippen LogP contribution >= 0.6 is 0 Å². The second-order valence-corrected chi connectivity index (χ2v) is 17.1. The molecule has 1 saturated heterocycles. The van der Waals surface area contributed by atoms with E-state index in [0.29, 0.717) is 25.3 Å². The topological polar surface area (TPSA) is 152 Å². The molecule has 12 heteroatoms. The average molecular weight is 691 g/mol. The van der Waals surface area contributed by atoms with Crippen molar-refractivity contribution in [2.75, 3.05) is 13.1 Å². The third kappa shape index (κ3) is 7.44. The Hall–Kier alpha value is -4.06. The Morgan fingerprint density at radius 3 is 2.67 bits per heavy atom. The fourth-order valence-electron chi connectivity index (χ4n) is 7.14. The summed E-state index contributed by atoms with van der Waals surface area (Å²) < 4.78 is 34.1. The molecule has 0 unspecified atom stereocenters.